The van der Waals surface area contributed by atoms with E-state index in [1.54, 1.807) is 11.4 Å². The summed E-state index contributed by atoms with van der Waals surface area (Å²) in [6.45, 7) is 0. The largest absolute Gasteiger partial charge is 0.416 e. The van der Waals surface area contributed by atoms with Gasteiger partial charge < -0.3 is 0 Å². The average molecular weight is 469 g/mol. The number of sulfonamides is 1. The van der Waals surface area contributed by atoms with Gasteiger partial charge in [0.15, 0.2) is 0 Å². The summed E-state index contributed by atoms with van der Waals surface area (Å²) >= 11 is 0.990. The van der Waals surface area contributed by atoms with Gasteiger partial charge in [-0.1, -0.05) is 24.3 Å². The van der Waals surface area contributed by atoms with Crippen LogP contribution in [0.4, 0.5) is 18.9 Å². The molecule has 2 aromatic carbocycles. The van der Waals surface area contributed by atoms with E-state index in [1.807, 2.05) is 5.43 Å². The van der Waals surface area contributed by atoms with Crippen LogP contribution < -0.4 is 15.6 Å². The molecule has 1 aromatic heterocycles. The molecule has 0 fully saturated rings. The monoisotopic (exact) mass is 469 g/mol. The summed E-state index contributed by atoms with van der Waals surface area (Å²) in [5.41, 5.74) is 2.60. The van der Waals surface area contributed by atoms with Crippen molar-refractivity contribution in [2.75, 3.05) is 4.72 Å². The van der Waals surface area contributed by atoms with E-state index in [9.17, 15) is 31.2 Å². The van der Waals surface area contributed by atoms with Crippen LogP contribution in [0.25, 0.3) is 0 Å². The van der Waals surface area contributed by atoms with Crippen LogP contribution in [0.3, 0.4) is 0 Å². The molecule has 0 aliphatic heterocycles. The number of rotatable bonds is 5. The molecule has 0 aliphatic rings. The molecule has 3 aromatic rings. The molecule has 0 atom stereocenters. The zero-order valence-corrected chi connectivity index (χ0v) is 17.1. The van der Waals surface area contributed by atoms with E-state index in [1.165, 1.54) is 30.3 Å². The molecule has 1 heterocycles. The van der Waals surface area contributed by atoms with E-state index >= 15 is 0 Å². The van der Waals surface area contributed by atoms with Gasteiger partial charge in [0.25, 0.3) is 21.8 Å². The average Bonchev–Trinajstić information content (AvgIpc) is 3.27. The summed E-state index contributed by atoms with van der Waals surface area (Å²) in [4.78, 5) is 24.6. The zero-order valence-electron chi connectivity index (χ0n) is 15.4. The standard InChI is InChI=1S/C19H14F3N3O4S2/c20-19(21,22)13-6-3-5-12(11-13)17(26)23-24-18(27)14-7-1-2-8-15(14)25-31(28,29)16-9-4-10-30-16/h1-11,25H,(H,23,26)(H,24,27). The fourth-order valence-electron chi connectivity index (χ4n) is 2.47. The third-order valence-corrected chi connectivity index (χ3v) is 6.68. The Hall–Kier alpha value is -3.38. The number of hydrogen-bond acceptors (Lipinski definition) is 5. The number of halogens is 3. The van der Waals surface area contributed by atoms with Crippen LogP contribution in [-0.2, 0) is 16.2 Å². The van der Waals surface area contributed by atoms with Crippen molar-refractivity contribution in [1.29, 1.82) is 0 Å². The Kier molecular flexibility index (Phi) is 6.32. The molecule has 3 rings (SSSR count). The maximum atomic E-state index is 12.8. The molecule has 12 heteroatoms. The fraction of sp³-hybridized carbons (Fsp3) is 0.0526. The van der Waals surface area contributed by atoms with Crippen molar-refractivity contribution in [1.82, 2.24) is 10.9 Å². The van der Waals surface area contributed by atoms with Crippen molar-refractivity contribution in [3.8, 4) is 0 Å². The number of amides is 2. The maximum Gasteiger partial charge on any atom is 0.416 e. The minimum absolute atomic E-state index is 0.0401. The molecule has 0 unspecified atom stereocenters. The molecule has 0 aliphatic carbocycles. The fourth-order valence-corrected chi connectivity index (χ4v) is 4.54. The number of nitrogens with one attached hydrogen (secondary N) is 3. The number of carbonyl (C=O) groups is 2. The van der Waals surface area contributed by atoms with Crippen molar-refractivity contribution >= 4 is 38.9 Å². The first-order chi connectivity index (χ1) is 14.6. The van der Waals surface area contributed by atoms with E-state index in [-0.39, 0.29) is 21.0 Å². The lowest BCUT2D eigenvalue weighted by atomic mass is 10.1. The third kappa shape index (κ3) is 5.41. The number of thiophene rings is 1. The Labute approximate surface area is 178 Å². The highest BCUT2D eigenvalue weighted by atomic mass is 32.2. The quantitative estimate of drug-likeness (QED) is 0.496. The molecule has 0 spiro atoms. The molecule has 0 radical (unpaired) electrons. The third-order valence-electron chi connectivity index (χ3n) is 3.92. The Morgan fingerprint density at radius 3 is 2.26 bits per heavy atom. The summed E-state index contributed by atoms with van der Waals surface area (Å²) < 4.78 is 65.5. The van der Waals surface area contributed by atoms with Gasteiger partial charge in [0.1, 0.15) is 4.21 Å². The molecular formula is C19H14F3N3O4S2. The maximum absolute atomic E-state index is 12.8. The van der Waals surface area contributed by atoms with Gasteiger partial charge in [-0.25, -0.2) is 8.42 Å². The lowest BCUT2D eigenvalue weighted by Crippen LogP contribution is -2.42. The molecule has 0 bridgehead atoms. The Bertz CT molecular complexity index is 1210. The van der Waals surface area contributed by atoms with Crippen LogP contribution in [-0.4, -0.2) is 20.2 Å². The van der Waals surface area contributed by atoms with Crippen LogP contribution in [0.2, 0.25) is 0 Å². The highest BCUT2D eigenvalue weighted by molar-refractivity contribution is 7.94. The molecule has 0 saturated heterocycles. The van der Waals surface area contributed by atoms with Crippen molar-refractivity contribution in [2.24, 2.45) is 0 Å². The predicted molar refractivity (Wildman–Crippen MR) is 108 cm³/mol. The first-order valence-corrected chi connectivity index (χ1v) is 10.9. The minimum atomic E-state index is -4.63. The zero-order chi connectivity index (χ0) is 22.6. The van der Waals surface area contributed by atoms with Crippen LogP contribution in [0.1, 0.15) is 26.3 Å². The lowest BCUT2D eigenvalue weighted by Gasteiger charge is -2.13. The van der Waals surface area contributed by atoms with Crippen molar-refractivity contribution in [3.63, 3.8) is 0 Å². The molecule has 3 N–H and O–H groups in total. The second kappa shape index (κ2) is 8.78. The van der Waals surface area contributed by atoms with Crippen LogP contribution in [0, 0.1) is 0 Å². The van der Waals surface area contributed by atoms with Gasteiger partial charge in [0, 0.05) is 5.56 Å². The summed E-state index contributed by atoms with van der Waals surface area (Å²) in [6, 6.07) is 12.3. The number of carbonyl (C=O) groups excluding carboxylic acids is 2. The second-order valence-electron chi connectivity index (χ2n) is 6.07. The van der Waals surface area contributed by atoms with Gasteiger partial charge in [-0.05, 0) is 41.8 Å². The van der Waals surface area contributed by atoms with Crippen molar-refractivity contribution < 1.29 is 31.2 Å². The van der Waals surface area contributed by atoms with E-state index < -0.39 is 33.6 Å². The molecule has 2 amide bonds. The SMILES string of the molecule is O=C(NNC(=O)c1ccccc1NS(=O)(=O)c1cccs1)c1cccc(C(F)(F)F)c1. The number of alkyl halides is 3. The van der Waals surface area contributed by atoms with Gasteiger partial charge in [0.2, 0.25) is 0 Å². The topological polar surface area (TPSA) is 104 Å². The molecule has 0 saturated carbocycles. The Morgan fingerprint density at radius 2 is 1.58 bits per heavy atom. The van der Waals surface area contributed by atoms with Crippen molar-refractivity contribution in [3.05, 3.63) is 82.7 Å². The highest BCUT2D eigenvalue weighted by Gasteiger charge is 2.31. The normalized spacial score (nSPS) is 11.6. The van der Waals surface area contributed by atoms with Gasteiger partial charge in [-0.3, -0.25) is 25.2 Å². The number of hydrogen-bond donors (Lipinski definition) is 3. The van der Waals surface area contributed by atoms with E-state index in [2.05, 4.69) is 10.1 Å². The summed E-state index contributed by atoms with van der Waals surface area (Å²) in [5.74, 6) is -1.85. The van der Waals surface area contributed by atoms with Gasteiger partial charge in [0.05, 0.1) is 16.8 Å². The highest BCUT2D eigenvalue weighted by Crippen LogP contribution is 2.29. The summed E-state index contributed by atoms with van der Waals surface area (Å²) in [7, 11) is -3.92. The smallest absolute Gasteiger partial charge is 0.278 e. The lowest BCUT2D eigenvalue weighted by molar-refractivity contribution is -0.137. The molecular weight excluding hydrogens is 455 g/mol. The Morgan fingerprint density at radius 1 is 0.871 bits per heavy atom. The van der Waals surface area contributed by atoms with Gasteiger partial charge >= 0.3 is 6.18 Å². The number of hydrazine groups is 1. The number of anilines is 1. The van der Waals surface area contributed by atoms with Gasteiger partial charge in [-0.2, -0.15) is 13.2 Å². The molecule has 7 nitrogen and oxygen atoms in total. The molecule has 162 valence electrons. The van der Waals surface area contributed by atoms with Crippen LogP contribution in [0.15, 0.2) is 70.3 Å². The van der Waals surface area contributed by atoms with Gasteiger partial charge in [-0.15, -0.1) is 11.3 Å². The minimum Gasteiger partial charge on any atom is -0.278 e. The number of benzene rings is 2. The first kappa shape index (κ1) is 22.3. The number of para-hydroxylation sites is 1. The summed E-state index contributed by atoms with van der Waals surface area (Å²) in [5, 5.41) is 1.58. The first-order valence-electron chi connectivity index (χ1n) is 8.51. The molecule has 31 heavy (non-hydrogen) atoms. The van der Waals surface area contributed by atoms with E-state index in [0.717, 1.165) is 29.5 Å². The van der Waals surface area contributed by atoms with Crippen LogP contribution in [0.5, 0.6) is 0 Å². The summed E-state index contributed by atoms with van der Waals surface area (Å²) in [6.07, 6.45) is -4.63. The second-order valence-corrected chi connectivity index (χ2v) is 8.93. The Balaban J connectivity index is 1.73. The predicted octanol–water partition coefficient (Wildman–Crippen LogP) is 3.64. The van der Waals surface area contributed by atoms with Crippen LogP contribution >= 0.6 is 11.3 Å². The van der Waals surface area contributed by atoms with E-state index in [4.69, 9.17) is 0 Å². The van der Waals surface area contributed by atoms with Crippen molar-refractivity contribution in [2.45, 2.75) is 10.4 Å². The van der Waals surface area contributed by atoms with E-state index in [0.29, 0.717) is 6.07 Å².